The largest absolute Gasteiger partial charge is 0.491 e. The summed E-state index contributed by atoms with van der Waals surface area (Å²) in [6.07, 6.45) is 6.38. The lowest BCUT2D eigenvalue weighted by Crippen LogP contribution is -2.37. The predicted molar refractivity (Wildman–Crippen MR) is 66.5 cm³/mol. The number of allylic oxidation sites excluding steroid dienone is 1. The normalized spacial score (nSPS) is 39.7. The molecule has 1 fully saturated rings. The molecule has 1 saturated carbocycles. The molecule has 0 aromatic rings. The van der Waals surface area contributed by atoms with Crippen LogP contribution in [0.1, 0.15) is 59.3 Å². The van der Waals surface area contributed by atoms with Gasteiger partial charge in [-0.25, -0.2) is 0 Å². The van der Waals surface area contributed by atoms with E-state index in [1.165, 1.54) is 12.8 Å². The highest BCUT2D eigenvalue weighted by Crippen LogP contribution is 2.53. The molecule has 0 unspecified atom stereocenters. The molecule has 2 aliphatic carbocycles. The molecule has 1 aliphatic heterocycles. The molecule has 2 atom stereocenters. The molecule has 0 spiro atoms. The van der Waals surface area contributed by atoms with Gasteiger partial charge in [0.2, 0.25) is 0 Å². The van der Waals surface area contributed by atoms with Gasteiger partial charge < -0.3 is 4.74 Å². The van der Waals surface area contributed by atoms with Crippen LogP contribution in [-0.2, 0) is 9.53 Å². The number of fused-ring (bicyclic) bond motifs is 2. The fraction of sp³-hybridized carbons (Fsp3) is 0.800. The summed E-state index contributed by atoms with van der Waals surface area (Å²) in [6, 6.07) is 0. The van der Waals surface area contributed by atoms with Crippen LogP contribution in [0.5, 0.6) is 0 Å². The van der Waals surface area contributed by atoms with Crippen LogP contribution < -0.4 is 0 Å². The zero-order chi connectivity index (χ0) is 12.3. The van der Waals surface area contributed by atoms with Gasteiger partial charge in [-0.2, -0.15) is 0 Å². The van der Waals surface area contributed by atoms with Crippen molar-refractivity contribution in [3.05, 3.63) is 11.3 Å². The van der Waals surface area contributed by atoms with E-state index in [2.05, 4.69) is 20.8 Å². The molecule has 0 N–H and O–H groups in total. The van der Waals surface area contributed by atoms with Crippen LogP contribution in [0.2, 0.25) is 0 Å². The van der Waals surface area contributed by atoms with Gasteiger partial charge in [-0.05, 0) is 31.6 Å². The second kappa shape index (κ2) is 3.37. The second-order valence-corrected chi connectivity index (χ2v) is 6.99. The van der Waals surface area contributed by atoms with Crippen LogP contribution in [-0.4, -0.2) is 11.4 Å². The number of carbonyl (C=O) groups is 1. The van der Waals surface area contributed by atoms with Gasteiger partial charge in [0.05, 0.1) is 0 Å². The Morgan fingerprint density at radius 3 is 2.71 bits per heavy atom. The van der Waals surface area contributed by atoms with Crippen LogP contribution in [0.15, 0.2) is 11.3 Å². The van der Waals surface area contributed by atoms with E-state index in [1.54, 1.807) is 0 Å². The molecule has 0 amide bonds. The van der Waals surface area contributed by atoms with Crippen molar-refractivity contribution in [3.8, 4) is 0 Å². The van der Waals surface area contributed by atoms with E-state index in [-0.39, 0.29) is 11.0 Å². The maximum absolute atomic E-state index is 12.4. The number of ketones is 1. The lowest BCUT2D eigenvalue weighted by atomic mass is 9.69. The molecular weight excluding hydrogens is 212 g/mol. The third-order valence-corrected chi connectivity index (χ3v) is 4.74. The average molecular weight is 234 g/mol. The van der Waals surface area contributed by atoms with Gasteiger partial charge in [0, 0.05) is 24.3 Å². The monoisotopic (exact) mass is 234 g/mol. The first-order chi connectivity index (χ1) is 7.91. The minimum atomic E-state index is -0.0704. The van der Waals surface area contributed by atoms with Gasteiger partial charge >= 0.3 is 0 Å². The van der Waals surface area contributed by atoms with E-state index in [1.807, 2.05) is 0 Å². The molecule has 17 heavy (non-hydrogen) atoms. The predicted octanol–water partition coefficient (Wildman–Crippen LogP) is 3.61. The van der Waals surface area contributed by atoms with Gasteiger partial charge in [0.25, 0.3) is 0 Å². The molecule has 94 valence electrons. The molecule has 2 nitrogen and oxygen atoms in total. The van der Waals surface area contributed by atoms with E-state index in [4.69, 9.17) is 4.74 Å². The van der Waals surface area contributed by atoms with Crippen molar-refractivity contribution in [3.63, 3.8) is 0 Å². The molecule has 3 aliphatic rings. The maximum Gasteiger partial charge on any atom is 0.163 e. The molecule has 2 heteroatoms. The zero-order valence-corrected chi connectivity index (χ0v) is 11.1. The van der Waals surface area contributed by atoms with Crippen LogP contribution in [0, 0.1) is 11.3 Å². The first-order valence-corrected chi connectivity index (χ1v) is 6.87. The highest BCUT2D eigenvalue weighted by Gasteiger charge is 2.52. The first-order valence-electron chi connectivity index (χ1n) is 6.87. The molecular formula is C15H22O2. The number of hydrogen-bond acceptors (Lipinski definition) is 2. The minimum absolute atomic E-state index is 0.0704. The topological polar surface area (TPSA) is 26.3 Å². The Morgan fingerprint density at radius 2 is 1.94 bits per heavy atom. The Hall–Kier alpha value is -0.790. The fourth-order valence-corrected chi connectivity index (χ4v) is 3.91. The van der Waals surface area contributed by atoms with Gasteiger partial charge in [0.15, 0.2) is 5.78 Å². The van der Waals surface area contributed by atoms with Crippen molar-refractivity contribution in [1.82, 2.24) is 0 Å². The summed E-state index contributed by atoms with van der Waals surface area (Å²) in [5.74, 6) is 1.77. The van der Waals surface area contributed by atoms with E-state index in [0.29, 0.717) is 18.1 Å². The number of ether oxygens (including phenoxy) is 1. The zero-order valence-electron chi connectivity index (χ0n) is 11.1. The van der Waals surface area contributed by atoms with Gasteiger partial charge in [-0.15, -0.1) is 0 Å². The Morgan fingerprint density at radius 1 is 1.18 bits per heavy atom. The lowest BCUT2D eigenvalue weighted by molar-refractivity contribution is -0.118. The van der Waals surface area contributed by atoms with Gasteiger partial charge in [0.1, 0.15) is 11.4 Å². The SMILES string of the molecule is CC1(C)CC(=O)C2=C(C1)O[C@@]1(C)CCCC[C@@H]21. The number of Topliss-reactive ketones (excluding diaryl/α,β-unsaturated/α-hetero) is 1. The maximum atomic E-state index is 12.4. The number of hydrogen-bond donors (Lipinski definition) is 0. The first kappa shape index (κ1) is 11.3. The van der Waals surface area contributed by atoms with Crippen molar-refractivity contribution in [2.75, 3.05) is 0 Å². The van der Waals surface area contributed by atoms with E-state index < -0.39 is 0 Å². The van der Waals surface area contributed by atoms with Crippen LogP contribution >= 0.6 is 0 Å². The quantitative estimate of drug-likeness (QED) is 0.640. The Balaban J connectivity index is 1.98. The van der Waals surface area contributed by atoms with Crippen molar-refractivity contribution >= 4 is 5.78 Å². The summed E-state index contributed by atoms with van der Waals surface area (Å²) in [5.41, 5.74) is 1.07. The Labute approximate surface area is 103 Å². The molecule has 0 aromatic heterocycles. The van der Waals surface area contributed by atoms with Crippen molar-refractivity contribution in [2.24, 2.45) is 11.3 Å². The second-order valence-electron chi connectivity index (χ2n) is 6.99. The standard InChI is InChI=1S/C15H22O2/c1-14(2)8-11(16)13-10-6-4-5-7-15(10,3)17-12(13)9-14/h10H,4-9H2,1-3H3/t10-,15-/m0/s1. The summed E-state index contributed by atoms with van der Waals surface area (Å²) in [7, 11) is 0. The fourth-order valence-electron chi connectivity index (χ4n) is 3.91. The summed E-state index contributed by atoms with van der Waals surface area (Å²) >= 11 is 0. The molecule has 3 rings (SSSR count). The highest BCUT2D eigenvalue weighted by atomic mass is 16.5. The summed E-state index contributed by atoms with van der Waals surface area (Å²) in [4.78, 5) is 12.4. The van der Waals surface area contributed by atoms with Gasteiger partial charge in [-0.1, -0.05) is 20.3 Å². The Bertz CT molecular complexity index is 405. The molecule has 0 bridgehead atoms. The van der Waals surface area contributed by atoms with Crippen molar-refractivity contribution in [1.29, 1.82) is 0 Å². The molecule has 0 saturated heterocycles. The summed E-state index contributed by atoms with van der Waals surface area (Å²) < 4.78 is 6.22. The van der Waals surface area contributed by atoms with Crippen molar-refractivity contribution < 1.29 is 9.53 Å². The third kappa shape index (κ3) is 1.64. The van der Waals surface area contributed by atoms with Crippen LogP contribution in [0.25, 0.3) is 0 Å². The van der Waals surface area contributed by atoms with Gasteiger partial charge in [-0.3, -0.25) is 4.79 Å². The van der Waals surface area contributed by atoms with Crippen molar-refractivity contribution in [2.45, 2.75) is 64.9 Å². The summed E-state index contributed by atoms with van der Waals surface area (Å²) in [5, 5.41) is 0. The van der Waals surface area contributed by atoms with E-state index in [9.17, 15) is 4.79 Å². The molecule has 0 radical (unpaired) electrons. The smallest absolute Gasteiger partial charge is 0.163 e. The van der Waals surface area contributed by atoms with Crippen LogP contribution in [0.3, 0.4) is 0 Å². The van der Waals surface area contributed by atoms with Crippen LogP contribution in [0.4, 0.5) is 0 Å². The minimum Gasteiger partial charge on any atom is -0.491 e. The molecule has 0 aromatic carbocycles. The average Bonchev–Trinajstić information content (AvgIpc) is 2.46. The van der Waals surface area contributed by atoms with E-state index in [0.717, 1.165) is 30.6 Å². The number of rotatable bonds is 0. The lowest BCUT2D eigenvalue weighted by Gasteiger charge is -2.36. The van der Waals surface area contributed by atoms with E-state index >= 15 is 0 Å². The highest BCUT2D eigenvalue weighted by molar-refractivity contribution is 5.98. The Kier molecular flexibility index (Phi) is 2.24. The summed E-state index contributed by atoms with van der Waals surface area (Å²) in [6.45, 7) is 6.54. The number of carbonyl (C=O) groups excluding carboxylic acids is 1. The molecule has 1 heterocycles. The third-order valence-electron chi connectivity index (χ3n) is 4.74.